The predicted octanol–water partition coefficient (Wildman–Crippen LogP) is 7.93. The van der Waals surface area contributed by atoms with Crippen LogP contribution in [0.4, 0.5) is 50.0 Å². The van der Waals surface area contributed by atoms with Gasteiger partial charge in [-0.3, -0.25) is 0 Å². The third-order valence-corrected chi connectivity index (χ3v) is 6.49. The van der Waals surface area contributed by atoms with Crippen LogP contribution in [0.2, 0.25) is 0 Å². The van der Waals surface area contributed by atoms with Gasteiger partial charge in [-0.2, -0.15) is 39.5 Å². The second kappa shape index (κ2) is 15.5. The number of halogens is 9. The molecule has 0 saturated heterocycles. The van der Waals surface area contributed by atoms with Gasteiger partial charge in [0.2, 0.25) is 0 Å². The molecule has 0 aromatic heterocycles. The largest absolute Gasteiger partial charge is 0.453 e. The number of rotatable bonds is 6. The molecule has 2 unspecified atom stereocenters. The second-order valence-corrected chi connectivity index (χ2v) is 9.12. The SMILES string of the molecule is CC.CCOCO.COC(=O)N(Cc1cc(C(F)(F)F)cc(C(F)(F)F)c1)CC1c2cc(C(F)(F)F)ccc2N(C)C1C. The summed E-state index contributed by atoms with van der Waals surface area (Å²) in [5.74, 6) is -0.737. The van der Waals surface area contributed by atoms with E-state index in [9.17, 15) is 44.3 Å². The zero-order chi connectivity index (χ0) is 33.3. The van der Waals surface area contributed by atoms with E-state index < -0.39 is 65.4 Å². The van der Waals surface area contributed by atoms with E-state index in [0.717, 1.165) is 24.1 Å². The first-order chi connectivity index (χ1) is 19.8. The van der Waals surface area contributed by atoms with Crippen molar-refractivity contribution < 1.29 is 58.9 Å². The number of likely N-dealkylation sites (N-methyl/N-ethyl adjacent to an activating group) is 1. The number of nitrogens with zero attached hydrogens (tertiary/aromatic N) is 2. The molecule has 0 saturated carbocycles. The summed E-state index contributed by atoms with van der Waals surface area (Å²) in [6.45, 7) is 6.94. The molecule has 1 amide bonds. The number of benzene rings is 2. The standard InChI is InChI=1S/C23H21F9N2O2.C3H8O2.C2H6/c1-12-18(17-9-14(21(24,25)26)4-5-19(17)33(12)2)11-34(20(35)36-3)10-13-6-15(22(27,28)29)8-16(7-13)23(30,31)32;1-2-5-3-4;1-2/h4-9,12,18H,10-11H2,1-3H3;4H,2-3H2,1H3;1-2H3. The number of methoxy groups -OCH3 is 1. The van der Waals surface area contributed by atoms with E-state index in [1.54, 1.807) is 18.9 Å². The molecule has 1 aliphatic heterocycles. The van der Waals surface area contributed by atoms with Crippen LogP contribution < -0.4 is 4.90 Å². The fourth-order valence-electron chi connectivity index (χ4n) is 4.34. The molecule has 244 valence electrons. The highest BCUT2D eigenvalue weighted by Crippen LogP contribution is 2.44. The Morgan fingerprint density at radius 1 is 0.907 bits per heavy atom. The van der Waals surface area contributed by atoms with Gasteiger partial charge in [-0.25, -0.2) is 4.79 Å². The summed E-state index contributed by atoms with van der Waals surface area (Å²) in [5, 5.41) is 7.84. The Labute approximate surface area is 244 Å². The lowest BCUT2D eigenvalue weighted by atomic mass is 9.93. The van der Waals surface area contributed by atoms with Gasteiger partial charge >= 0.3 is 24.6 Å². The highest BCUT2D eigenvalue weighted by atomic mass is 19.4. The number of aliphatic hydroxyl groups is 1. The van der Waals surface area contributed by atoms with Crippen LogP contribution in [0.5, 0.6) is 0 Å². The van der Waals surface area contributed by atoms with Crippen LogP contribution in [0.15, 0.2) is 36.4 Å². The molecule has 0 spiro atoms. The van der Waals surface area contributed by atoms with Crippen molar-refractivity contribution in [3.8, 4) is 0 Å². The maximum absolute atomic E-state index is 13.3. The lowest BCUT2D eigenvalue weighted by Crippen LogP contribution is -2.38. The van der Waals surface area contributed by atoms with Crippen molar-refractivity contribution in [2.75, 3.05) is 39.0 Å². The van der Waals surface area contributed by atoms with Gasteiger partial charge in [0.15, 0.2) is 0 Å². The predicted molar refractivity (Wildman–Crippen MR) is 141 cm³/mol. The van der Waals surface area contributed by atoms with Crippen molar-refractivity contribution in [1.29, 1.82) is 0 Å². The Bertz CT molecular complexity index is 1150. The maximum Gasteiger partial charge on any atom is 0.416 e. The normalized spacial score (nSPS) is 16.4. The molecule has 0 fully saturated rings. The minimum atomic E-state index is -5.08. The molecule has 3 rings (SSSR count). The fourth-order valence-corrected chi connectivity index (χ4v) is 4.34. The highest BCUT2D eigenvalue weighted by Gasteiger charge is 2.40. The zero-order valence-electron chi connectivity index (χ0n) is 24.4. The molecule has 1 heterocycles. The first kappa shape index (κ1) is 37.8. The van der Waals surface area contributed by atoms with Crippen LogP contribution in [0.3, 0.4) is 0 Å². The summed E-state index contributed by atoms with van der Waals surface area (Å²) >= 11 is 0. The van der Waals surface area contributed by atoms with E-state index in [4.69, 9.17) is 5.11 Å². The monoisotopic (exact) mass is 634 g/mol. The van der Waals surface area contributed by atoms with Crippen molar-refractivity contribution in [2.24, 2.45) is 0 Å². The molecule has 0 aliphatic carbocycles. The van der Waals surface area contributed by atoms with E-state index in [2.05, 4.69) is 9.47 Å². The molecular formula is C28H35F9N2O4. The van der Waals surface area contributed by atoms with Gasteiger partial charge in [-0.1, -0.05) is 13.8 Å². The van der Waals surface area contributed by atoms with Crippen molar-refractivity contribution in [3.05, 3.63) is 64.2 Å². The quantitative estimate of drug-likeness (QED) is 0.258. The number of hydrogen-bond acceptors (Lipinski definition) is 5. The van der Waals surface area contributed by atoms with Crippen molar-refractivity contribution in [3.63, 3.8) is 0 Å². The number of ether oxygens (including phenoxy) is 2. The van der Waals surface area contributed by atoms with Gasteiger partial charge in [-0.15, -0.1) is 0 Å². The molecule has 0 radical (unpaired) electrons. The van der Waals surface area contributed by atoms with Crippen LogP contribution >= 0.6 is 0 Å². The van der Waals surface area contributed by atoms with E-state index >= 15 is 0 Å². The van der Waals surface area contributed by atoms with Crippen LogP contribution in [0.1, 0.15) is 61.4 Å². The van der Waals surface area contributed by atoms with E-state index in [1.165, 1.54) is 6.07 Å². The van der Waals surface area contributed by atoms with Crippen molar-refractivity contribution >= 4 is 11.8 Å². The summed E-state index contributed by atoms with van der Waals surface area (Å²) in [4.78, 5) is 15.0. The molecule has 43 heavy (non-hydrogen) atoms. The fraction of sp³-hybridized carbons (Fsp3) is 0.536. The van der Waals surface area contributed by atoms with E-state index in [1.807, 2.05) is 20.8 Å². The molecule has 6 nitrogen and oxygen atoms in total. The molecular weight excluding hydrogens is 599 g/mol. The second-order valence-electron chi connectivity index (χ2n) is 9.12. The first-order valence-electron chi connectivity index (χ1n) is 13.1. The van der Waals surface area contributed by atoms with Gasteiger partial charge < -0.3 is 24.4 Å². The number of amides is 1. The summed E-state index contributed by atoms with van der Waals surface area (Å²) in [6, 6.07) is 3.62. The van der Waals surface area contributed by atoms with E-state index in [-0.39, 0.29) is 25.0 Å². The minimum Gasteiger partial charge on any atom is -0.453 e. The number of aliphatic hydroxyl groups excluding tert-OH is 1. The molecule has 0 bridgehead atoms. The Hall–Kier alpha value is -3.20. The molecule has 2 aromatic rings. The highest BCUT2D eigenvalue weighted by molar-refractivity contribution is 5.69. The van der Waals surface area contributed by atoms with Crippen LogP contribution in [0.25, 0.3) is 0 Å². The summed E-state index contributed by atoms with van der Waals surface area (Å²) in [7, 11) is 2.60. The van der Waals surface area contributed by atoms with Crippen molar-refractivity contribution in [1.82, 2.24) is 4.90 Å². The molecule has 1 aliphatic rings. The number of alkyl halides is 9. The third kappa shape index (κ3) is 10.2. The number of hydrogen-bond donors (Lipinski definition) is 1. The van der Waals surface area contributed by atoms with Crippen LogP contribution in [-0.4, -0.2) is 56.2 Å². The molecule has 1 N–H and O–H groups in total. The lowest BCUT2D eigenvalue weighted by molar-refractivity contribution is -0.143. The maximum atomic E-state index is 13.3. The van der Waals surface area contributed by atoms with Gasteiger partial charge in [0.05, 0.1) is 23.8 Å². The Morgan fingerprint density at radius 2 is 1.42 bits per heavy atom. The average Bonchev–Trinajstić information content (AvgIpc) is 3.16. The van der Waals surface area contributed by atoms with Crippen LogP contribution in [0, 0.1) is 0 Å². The number of fused-ring (bicyclic) bond motifs is 1. The molecule has 2 atom stereocenters. The lowest BCUT2D eigenvalue weighted by Gasteiger charge is -2.29. The van der Waals surface area contributed by atoms with Gasteiger partial charge in [0.25, 0.3) is 0 Å². The smallest absolute Gasteiger partial charge is 0.416 e. The molecule has 2 aromatic carbocycles. The number of carbonyl (C=O) groups is 1. The Kier molecular flexibility index (Phi) is 13.6. The van der Waals surface area contributed by atoms with Gasteiger partial charge in [-0.05, 0) is 61.4 Å². The Balaban J connectivity index is 0.00000120. The summed E-state index contributed by atoms with van der Waals surface area (Å²) in [6.07, 6.45) is -15.9. The topological polar surface area (TPSA) is 62.2 Å². The average molecular weight is 635 g/mol. The minimum absolute atomic E-state index is 0.0328. The number of anilines is 1. The van der Waals surface area contributed by atoms with Gasteiger partial charge in [0.1, 0.15) is 6.79 Å². The van der Waals surface area contributed by atoms with Crippen molar-refractivity contribution in [2.45, 2.75) is 64.7 Å². The first-order valence-corrected chi connectivity index (χ1v) is 13.1. The zero-order valence-corrected chi connectivity index (χ0v) is 24.4. The summed E-state index contributed by atoms with van der Waals surface area (Å²) in [5.41, 5.74) is -3.79. The Morgan fingerprint density at radius 3 is 1.81 bits per heavy atom. The number of carbonyl (C=O) groups excluding carboxylic acids is 1. The third-order valence-electron chi connectivity index (χ3n) is 6.49. The summed E-state index contributed by atoms with van der Waals surface area (Å²) < 4.78 is 128. The molecule has 15 heteroatoms. The van der Waals surface area contributed by atoms with E-state index in [0.29, 0.717) is 24.4 Å². The van der Waals surface area contributed by atoms with Crippen LogP contribution in [-0.2, 0) is 34.5 Å². The van der Waals surface area contributed by atoms with Gasteiger partial charge in [0, 0.05) is 44.4 Å².